The van der Waals surface area contributed by atoms with E-state index in [1.54, 1.807) is 6.92 Å². The van der Waals surface area contributed by atoms with E-state index in [1.165, 1.54) is 0 Å². The highest BCUT2D eigenvalue weighted by Gasteiger charge is 2.31. The molecule has 1 fully saturated rings. The summed E-state index contributed by atoms with van der Waals surface area (Å²) in [6, 6.07) is 9.24. The van der Waals surface area contributed by atoms with Gasteiger partial charge in [0.1, 0.15) is 0 Å². The summed E-state index contributed by atoms with van der Waals surface area (Å²) in [7, 11) is 0. The van der Waals surface area contributed by atoms with E-state index in [0.717, 1.165) is 6.42 Å². The highest BCUT2D eigenvalue weighted by molar-refractivity contribution is 5.94. The number of rotatable bonds is 6. The normalized spacial score (nSPS) is 19.1. The quantitative estimate of drug-likeness (QED) is 0.831. The van der Waals surface area contributed by atoms with Crippen LogP contribution < -0.4 is 5.32 Å². The molecule has 1 aliphatic rings. The Labute approximate surface area is 150 Å². The third-order valence-corrected chi connectivity index (χ3v) is 5.47. The zero-order chi connectivity index (χ0) is 18.4. The Morgan fingerprint density at radius 3 is 2.44 bits per heavy atom. The Hall–Kier alpha value is -1.88. The Kier molecular flexibility index (Phi) is 6.59. The number of benzene rings is 1. The summed E-state index contributed by atoms with van der Waals surface area (Å²) >= 11 is 0. The second kappa shape index (κ2) is 8.48. The predicted octanol–water partition coefficient (Wildman–Crippen LogP) is 2.45. The second-order valence-electron chi connectivity index (χ2n) is 7.32. The molecule has 0 radical (unpaired) electrons. The molecule has 5 heteroatoms. The molecule has 0 spiro atoms. The van der Waals surface area contributed by atoms with Crippen molar-refractivity contribution in [3.8, 4) is 0 Å². The number of carbonyl (C=O) groups excluding carboxylic acids is 2. The number of hydrogen-bond donors (Lipinski definition) is 2. The van der Waals surface area contributed by atoms with E-state index in [9.17, 15) is 14.7 Å². The summed E-state index contributed by atoms with van der Waals surface area (Å²) in [6.07, 6.45) is 2.19. The van der Waals surface area contributed by atoms with Gasteiger partial charge in [-0.2, -0.15) is 0 Å². The molecular weight excluding hydrogens is 316 g/mol. The van der Waals surface area contributed by atoms with Crippen molar-refractivity contribution in [1.29, 1.82) is 0 Å². The summed E-state index contributed by atoms with van der Waals surface area (Å²) in [5.41, 5.74) is -0.205. The first-order valence-electron chi connectivity index (χ1n) is 9.19. The minimum Gasteiger partial charge on any atom is -0.388 e. The SMILES string of the molecule is CCC(C)C(C)(O)CNC(=O)C1CCN(C(=O)c2ccccc2)CC1. The van der Waals surface area contributed by atoms with Gasteiger partial charge in [-0.3, -0.25) is 9.59 Å². The lowest BCUT2D eigenvalue weighted by molar-refractivity contribution is -0.128. The lowest BCUT2D eigenvalue weighted by Crippen LogP contribution is -2.48. The second-order valence-corrected chi connectivity index (χ2v) is 7.32. The smallest absolute Gasteiger partial charge is 0.253 e. The minimum absolute atomic E-state index is 0.0182. The van der Waals surface area contributed by atoms with Crippen molar-refractivity contribution in [1.82, 2.24) is 10.2 Å². The number of aliphatic hydroxyl groups is 1. The van der Waals surface area contributed by atoms with Crippen molar-refractivity contribution in [3.05, 3.63) is 35.9 Å². The van der Waals surface area contributed by atoms with Crippen molar-refractivity contribution >= 4 is 11.8 Å². The lowest BCUT2D eigenvalue weighted by Gasteiger charge is -2.33. The molecule has 138 valence electrons. The van der Waals surface area contributed by atoms with Gasteiger partial charge in [0.05, 0.1) is 5.60 Å². The number of hydrogen-bond acceptors (Lipinski definition) is 3. The Morgan fingerprint density at radius 1 is 1.28 bits per heavy atom. The molecule has 2 rings (SSSR count). The third kappa shape index (κ3) is 5.05. The van der Waals surface area contributed by atoms with Crippen LogP contribution in [-0.4, -0.2) is 47.1 Å². The number of likely N-dealkylation sites (tertiary alicyclic amines) is 1. The zero-order valence-electron chi connectivity index (χ0n) is 15.5. The molecule has 0 bridgehead atoms. The average Bonchev–Trinajstić information content (AvgIpc) is 2.65. The molecule has 1 saturated heterocycles. The standard InChI is InChI=1S/C20H30N2O3/c1-4-15(2)20(3,25)14-21-18(23)16-10-12-22(13-11-16)19(24)17-8-6-5-7-9-17/h5-9,15-16,25H,4,10-14H2,1-3H3,(H,21,23). The molecule has 5 nitrogen and oxygen atoms in total. The van der Waals surface area contributed by atoms with E-state index < -0.39 is 5.60 Å². The first kappa shape index (κ1) is 19.4. The van der Waals surface area contributed by atoms with Crippen LogP contribution in [0.15, 0.2) is 30.3 Å². The minimum atomic E-state index is -0.894. The van der Waals surface area contributed by atoms with E-state index in [2.05, 4.69) is 5.32 Å². The van der Waals surface area contributed by atoms with Gasteiger partial charge in [-0.15, -0.1) is 0 Å². The summed E-state index contributed by atoms with van der Waals surface area (Å²) in [5, 5.41) is 13.3. The van der Waals surface area contributed by atoms with Crippen molar-refractivity contribution < 1.29 is 14.7 Å². The van der Waals surface area contributed by atoms with Crippen LogP contribution in [0.1, 0.15) is 50.4 Å². The molecule has 2 atom stereocenters. The van der Waals surface area contributed by atoms with Crippen molar-refractivity contribution in [2.45, 2.75) is 45.6 Å². The van der Waals surface area contributed by atoms with Gasteiger partial charge in [-0.05, 0) is 37.8 Å². The summed E-state index contributed by atoms with van der Waals surface area (Å²) in [5.74, 6) is 0.0419. The van der Waals surface area contributed by atoms with Crippen LogP contribution in [0, 0.1) is 11.8 Å². The number of nitrogens with one attached hydrogen (secondary N) is 1. The van der Waals surface area contributed by atoms with Crippen LogP contribution in [0.4, 0.5) is 0 Å². The molecule has 2 unspecified atom stereocenters. The van der Waals surface area contributed by atoms with Crippen LogP contribution in [0.5, 0.6) is 0 Å². The fourth-order valence-electron chi connectivity index (χ4n) is 3.13. The van der Waals surface area contributed by atoms with Crippen molar-refractivity contribution in [2.75, 3.05) is 19.6 Å². The maximum atomic E-state index is 12.4. The fourth-order valence-corrected chi connectivity index (χ4v) is 3.13. The first-order valence-corrected chi connectivity index (χ1v) is 9.19. The van der Waals surface area contributed by atoms with Gasteiger partial charge in [-0.25, -0.2) is 0 Å². The largest absolute Gasteiger partial charge is 0.388 e. The first-order chi connectivity index (χ1) is 11.8. The lowest BCUT2D eigenvalue weighted by atomic mass is 9.88. The number of amides is 2. The number of nitrogens with zero attached hydrogens (tertiary/aromatic N) is 1. The molecule has 1 aliphatic heterocycles. The van der Waals surface area contributed by atoms with Crippen molar-refractivity contribution in [3.63, 3.8) is 0 Å². The van der Waals surface area contributed by atoms with Gasteiger partial charge < -0.3 is 15.3 Å². The van der Waals surface area contributed by atoms with Crippen LogP contribution >= 0.6 is 0 Å². The molecule has 2 amide bonds. The zero-order valence-corrected chi connectivity index (χ0v) is 15.5. The van der Waals surface area contributed by atoms with Crippen LogP contribution in [0.2, 0.25) is 0 Å². The Balaban J connectivity index is 1.81. The average molecular weight is 346 g/mol. The van der Waals surface area contributed by atoms with E-state index in [0.29, 0.717) is 31.5 Å². The van der Waals surface area contributed by atoms with Gasteiger partial charge in [-0.1, -0.05) is 38.5 Å². The molecule has 0 saturated carbocycles. The van der Waals surface area contributed by atoms with Crippen LogP contribution in [0.25, 0.3) is 0 Å². The van der Waals surface area contributed by atoms with Gasteiger partial charge in [0.25, 0.3) is 5.91 Å². The topological polar surface area (TPSA) is 69.6 Å². The highest BCUT2D eigenvalue weighted by atomic mass is 16.3. The Morgan fingerprint density at radius 2 is 1.88 bits per heavy atom. The van der Waals surface area contributed by atoms with Crippen LogP contribution in [0.3, 0.4) is 0 Å². The number of piperidine rings is 1. The molecule has 0 aromatic heterocycles. The molecule has 1 aromatic rings. The van der Waals surface area contributed by atoms with E-state index in [-0.39, 0.29) is 30.2 Å². The number of carbonyl (C=O) groups is 2. The summed E-state index contributed by atoms with van der Waals surface area (Å²) < 4.78 is 0. The van der Waals surface area contributed by atoms with Gasteiger partial charge in [0, 0.05) is 31.1 Å². The third-order valence-electron chi connectivity index (χ3n) is 5.47. The van der Waals surface area contributed by atoms with E-state index in [1.807, 2.05) is 49.1 Å². The summed E-state index contributed by atoms with van der Waals surface area (Å²) in [6.45, 7) is 7.23. The molecule has 1 heterocycles. The van der Waals surface area contributed by atoms with Gasteiger partial charge in [0.2, 0.25) is 5.91 Å². The Bertz CT molecular complexity index is 578. The molecule has 1 aromatic carbocycles. The summed E-state index contributed by atoms with van der Waals surface area (Å²) in [4.78, 5) is 26.6. The highest BCUT2D eigenvalue weighted by Crippen LogP contribution is 2.21. The van der Waals surface area contributed by atoms with Crippen molar-refractivity contribution in [2.24, 2.45) is 11.8 Å². The van der Waals surface area contributed by atoms with E-state index in [4.69, 9.17) is 0 Å². The molecule has 0 aliphatic carbocycles. The molecule has 25 heavy (non-hydrogen) atoms. The predicted molar refractivity (Wildman–Crippen MR) is 98.2 cm³/mol. The van der Waals surface area contributed by atoms with Crippen LogP contribution in [-0.2, 0) is 4.79 Å². The van der Waals surface area contributed by atoms with Gasteiger partial charge in [0.15, 0.2) is 0 Å². The maximum Gasteiger partial charge on any atom is 0.253 e. The van der Waals surface area contributed by atoms with Gasteiger partial charge >= 0.3 is 0 Å². The van der Waals surface area contributed by atoms with E-state index >= 15 is 0 Å². The maximum absolute atomic E-state index is 12.4. The molecular formula is C20H30N2O3. The monoisotopic (exact) mass is 346 g/mol. The fraction of sp³-hybridized carbons (Fsp3) is 0.600. The molecule has 2 N–H and O–H groups in total.